The lowest BCUT2D eigenvalue weighted by Crippen LogP contribution is -2.04. The van der Waals surface area contributed by atoms with Crippen LogP contribution in [-0.4, -0.2) is 19.5 Å². The summed E-state index contributed by atoms with van der Waals surface area (Å²) in [6.45, 7) is 0. The summed E-state index contributed by atoms with van der Waals surface area (Å²) in [5.41, 5.74) is 11.0. The SMILES string of the molecule is N#Cc1ccc2sc3c(-c4cccc(-c5nc(-c6ccccc6)nc(-c6ccc(-c7ccccc7)cc6-n6c7ccccc7c7ccccc76)n5)c4)cccc3c2c1. The molecule has 11 rings (SSSR count). The Morgan fingerprint density at radius 3 is 1.76 bits per heavy atom. The number of hydrogen-bond acceptors (Lipinski definition) is 5. The Morgan fingerprint density at radius 2 is 1.02 bits per heavy atom. The largest absolute Gasteiger partial charge is 0.308 e. The van der Waals surface area contributed by atoms with Crippen molar-refractivity contribution in [3.05, 3.63) is 194 Å². The van der Waals surface area contributed by atoms with E-state index < -0.39 is 0 Å². The number of benzene rings is 8. The van der Waals surface area contributed by atoms with Crippen molar-refractivity contribution < 1.29 is 0 Å². The number of para-hydroxylation sites is 2. The summed E-state index contributed by atoms with van der Waals surface area (Å²) in [4.78, 5) is 15.7. The molecule has 270 valence electrons. The summed E-state index contributed by atoms with van der Waals surface area (Å²) >= 11 is 1.75. The van der Waals surface area contributed by atoms with Crippen LogP contribution in [0, 0.1) is 11.3 Å². The molecular formula is C52H31N5S. The van der Waals surface area contributed by atoms with E-state index in [0.29, 0.717) is 23.0 Å². The van der Waals surface area contributed by atoms with Gasteiger partial charge in [0.25, 0.3) is 0 Å². The highest BCUT2D eigenvalue weighted by Gasteiger charge is 2.21. The number of hydrogen-bond donors (Lipinski definition) is 0. The normalized spacial score (nSPS) is 11.4. The lowest BCUT2D eigenvalue weighted by atomic mass is 10.00. The van der Waals surface area contributed by atoms with Crippen molar-refractivity contribution in [3.63, 3.8) is 0 Å². The highest BCUT2D eigenvalue weighted by atomic mass is 32.1. The lowest BCUT2D eigenvalue weighted by molar-refractivity contribution is 1.06. The first kappa shape index (κ1) is 33.6. The molecule has 0 bridgehead atoms. The topological polar surface area (TPSA) is 67.4 Å². The van der Waals surface area contributed by atoms with Crippen molar-refractivity contribution >= 4 is 53.3 Å². The van der Waals surface area contributed by atoms with Gasteiger partial charge in [0, 0.05) is 47.6 Å². The van der Waals surface area contributed by atoms with E-state index in [4.69, 9.17) is 15.0 Å². The third-order valence-corrected chi connectivity index (χ3v) is 12.1. The van der Waals surface area contributed by atoms with Crippen LogP contribution >= 0.6 is 11.3 Å². The number of aromatic nitrogens is 4. The van der Waals surface area contributed by atoms with Crippen LogP contribution in [0.5, 0.6) is 0 Å². The fraction of sp³-hybridized carbons (Fsp3) is 0. The molecule has 0 spiro atoms. The van der Waals surface area contributed by atoms with Gasteiger partial charge < -0.3 is 4.57 Å². The molecule has 3 heterocycles. The first-order valence-electron chi connectivity index (χ1n) is 19.2. The predicted octanol–water partition coefficient (Wildman–Crippen LogP) is 13.5. The first-order valence-corrected chi connectivity index (χ1v) is 20.0. The Labute approximate surface area is 338 Å². The molecule has 0 amide bonds. The third kappa shape index (κ3) is 5.64. The molecule has 0 saturated heterocycles. The Kier molecular flexibility index (Phi) is 7.99. The Hall–Kier alpha value is -7.72. The number of nitriles is 1. The number of fused-ring (bicyclic) bond motifs is 6. The molecular weight excluding hydrogens is 727 g/mol. The summed E-state index contributed by atoms with van der Waals surface area (Å²) < 4.78 is 4.69. The maximum absolute atomic E-state index is 9.61. The molecule has 0 aliphatic heterocycles. The highest BCUT2D eigenvalue weighted by Crippen LogP contribution is 2.42. The standard InChI is InChI=1S/C52H31N5S/c53-32-33-25-28-48-44(29-33)42-22-12-21-39(49(42)58-48)37-17-11-18-38(30-37)51-54-50(35-15-5-2-6-16-35)55-52(56-51)43-27-26-36(34-13-3-1-4-14-34)31-47(43)57-45-23-9-7-19-40(45)41-20-8-10-24-46(41)57/h1-31H. The van der Waals surface area contributed by atoms with Gasteiger partial charge in [-0.15, -0.1) is 11.3 Å². The monoisotopic (exact) mass is 757 g/mol. The van der Waals surface area contributed by atoms with Gasteiger partial charge >= 0.3 is 0 Å². The fourth-order valence-electron chi connectivity index (χ4n) is 8.16. The van der Waals surface area contributed by atoms with E-state index in [9.17, 15) is 5.26 Å². The highest BCUT2D eigenvalue weighted by molar-refractivity contribution is 7.26. The van der Waals surface area contributed by atoms with Gasteiger partial charge in [0.1, 0.15) is 0 Å². The maximum atomic E-state index is 9.61. The van der Waals surface area contributed by atoms with Crippen LogP contribution in [0.4, 0.5) is 0 Å². The van der Waals surface area contributed by atoms with Crippen LogP contribution in [0.1, 0.15) is 5.56 Å². The quantitative estimate of drug-likeness (QED) is 0.169. The number of thiophene rings is 1. The number of nitrogens with zero attached hydrogens (tertiary/aromatic N) is 5. The average Bonchev–Trinajstić information content (AvgIpc) is 3.85. The van der Waals surface area contributed by atoms with Crippen molar-refractivity contribution in [2.75, 3.05) is 0 Å². The zero-order valence-electron chi connectivity index (χ0n) is 31.0. The fourth-order valence-corrected chi connectivity index (χ4v) is 9.38. The third-order valence-electron chi connectivity index (χ3n) is 10.9. The van der Waals surface area contributed by atoms with E-state index in [1.807, 2.05) is 48.5 Å². The summed E-state index contributed by atoms with van der Waals surface area (Å²) in [6.07, 6.45) is 0. The van der Waals surface area contributed by atoms with Gasteiger partial charge in [-0.25, -0.2) is 15.0 Å². The van der Waals surface area contributed by atoms with Crippen molar-refractivity contribution in [1.29, 1.82) is 5.26 Å². The lowest BCUT2D eigenvalue weighted by Gasteiger charge is -2.16. The molecule has 58 heavy (non-hydrogen) atoms. The van der Waals surface area contributed by atoms with E-state index in [1.54, 1.807) is 11.3 Å². The molecule has 0 N–H and O–H groups in total. The number of rotatable bonds is 6. The summed E-state index contributed by atoms with van der Waals surface area (Å²) in [6, 6.07) is 67.5. The molecule has 0 radical (unpaired) electrons. The maximum Gasteiger partial charge on any atom is 0.166 e. The Bertz CT molecular complexity index is 3360. The molecule has 11 aromatic rings. The Balaban J connectivity index is 1.14. The molecule has 8 aromatic carbocycles. The van der Waals surface area contributed by atoms with Gasteiger partial charge in [-0.05, 0) is 70.8 Å². The van der Waals surface area contributed by atoms with Crippen LogP contribution in [0.2, 0.25) is 0 Å². The molecule has 0 unspecified atom stereocenters. The van der Waals surface area contributed by atoms with E-state index in [2.05, 4.69) is 150 Å². The Morgan fingerprint density at radius 1 is 0.414 bits per heavy atom. The van der Waals surface area contributed by atoms with Crippen LogP contribution in [-0.2, 0) is 0 Å². The molecule has 6 heteroatoms. The van der Waals surface area contributed by atoms with Crippen LogP contribution in [0.15, 0.2) is 188 Å². The molecule has 0 fully saturated rings. The zero-order chi connectivity index (χ0) is 38.6. The van der Waals surface area contributed by atoms with Crippen LogP contribution in [0.25, 0.3) is 104 Å². The minimum absolute atomic E-state index is 0.589. The van der Waals surface area contributed by atoms with Gasteiger partial charge in [0.15, 0.2) is 17.5 Å². The predicted molar refractivity (Wildman–Crippen MR) is 239 cm³/mol. The second-order valence-electron chi connectivity index (χ2n) is 14.3. The molecule has 5 nitrogen and oxygen atoms in total. The van der Waals surface area contributed by atoms with Crippen molar-refractivity contribution in [3.8, 4) is 68.2 Å². The second-order valence-corrected chi connectivity index (χ2v) is 15.4. The molecule has 0 aliphatic carbocycles. The van der Waals surface area contributed by atoms with Gasteiger partial charge in [-0.2, -0.15) is 5.26 Å². The average molecular weight is 758 g/mol. The van der Waals surface area contributed by atoms with Crippen molar-refractivity contribution in [2.24, 2.45) is 0 Å². The minimum atomic E-state index is 0.589. The molecule has 0 aliphatic rings. The van der Waals surface area contributed by atoms with Crippen molar-refractivity contribution in [2.45, 2.75) is 0 Å². The van der Waals surface area contributed by atoms with Crippen molar-refractivity contribution in [1.82, 2.24) is 19.5 Å². The van der Waals surface area contributed by atoms with Gasteiger partial charge in [0.05, 0.1) is 28.4 Å². The van der Waals surface area contributed by atoms with Gasteiger partial charge in [-0.1, -0.05) is 140 Å². The van der Waals surface area contributed by atoms with Gasteiger partial charge in [-0.3, -0.25) is 0 Å². The summed E-state index contributed by atoms with van der Waals surface area (Å²) in [5.74, 6) is 1.78. The summed E-state index contributed by atoms with van der Waals surface area (Å²) in [5, 5.41) is 14.2. The van der Waals surface area contributed by atoms with E-state index in [-0.39, 0.29) is 0 Å². The smallest absolute Gasteiger partial charge is 0.166 e. The van der Waals surface area contributed by atoms with E-state index in [1.165, 1.54) is 15.5 Å². The zero-order valence-corrected chi connectivity index (χ0v) is 31.9. The second kappa shape index (κ2) is 13.8. The summed E-state index contributed by atoms with van der Waals surface area (Å²) in [7, 11) is 0. The van der Waals surface area contributed by atoms with E-state index >= 15 is 0 Å². The van der Waals surface area contributed by atoms with E-state index in [0.717, 1.165) is 71.1 Å². The first-order chi connectivity index (χ1) is 28.7. The van der Waals surface area contributed by atoms with Crippen LogP contribution < -0.4 is 0 Å². The van der Waals surface area contributed by atoms with Crippen LogP contribution in [0.3, 0.4) is 0 Å². The molecule has 0 atom stereocenters. The van der Waals surface area contributed by atoms with Gasteiger partial charge in [0.2, 0.25) is 0 Å². The molecule has 3 aromatic heterocycles. The minimum Gasteiger partial charge on any atom is -0.308 e. The molecule has 0 saturated carbocycles.